The normalized spacial score (nSPS) is 16.2. The molecular weight excluding hydrogens is 180 g/mol. The van der Waals surface area contributed by atoms with E-state index >= 15 is 0 Å². The van der Waals surface area contributed by atoms with E-state index in [4.69, 9.17) is 9.15 Å². The van der Waals surface area contributed by atoms with Crippen LogP contribution in [0.5, 0.6) is 6.08 Å². The van der Waals surface area contributed by atoms with Gasteiger partial charge in [0.25, 0.3) is 0 Å². The average molecular weight is 196 g/mol. The molecule has 0 amide bonds. The fourth-order valence-corrected chi connectivity index (χ4v) is 1.16. The second kappa shape index (κ2) is 4.00. The summed E-state index contributed by atoms with van der Waals surface area (Å²) in [6.45, 7) is 4.67. The van der Waals surface area contributed by atoms with E-state index in [1.54, 1.807) is 6.26 Å². The molecule has 1 fully saturated rings. The van der Waals surface area contributed by atoms with Crippen molar-refractivity contribution in [2.75, 3.05) is 0 Å². The Morgan fingerprint density at radius 3 is 3.07 bits per heavy atom. The van der Waals surface area contributed by atoms with Crippen molar-refractivity contribution in [3.8, 4) is 6.08 Å². The minimum Gasteiger partial charge on any atom is -0.447 e. The second-order valence-corrected chi connectivity index (χ2v) is 3.93. The van der Waals surface area contributed by atoms with Crippen molar-refractivity contribution < 1.29 is 9.15 Å². The van der Waals surface area contributed by atoms with Gasteiger partial charge in [-0.3, -0.25) is 0 Å². The lowest BCUT2D eigenvalue weighted by Gasteiger charge is -2.02. The molecule has 1 heterocycles. The summed E-state index contributed by atoms with van der Waals surface area (Å²) in [6, 6.07) is 0.696. The maximum atomic E-state index is 5.31. The zero-order valence-electron chi connectivity index (χ0n) is 8.62. The fourth-order valence-electron chi connectivity index (χ4n) is 1.16. The van der Waals surface area contributed by atoms with Crippen LogP contribution in [0.2, 0.25) is 0 Å². The Bertz CT molecular complexity index is 292. The highest BCUT2D eigenvalue weighted by Crippen LogP contribution is 2.19. The minimum atomic E-state index is 0.109. The van der Waals surface area contributed by atoms with E-state index < -0.39 is 0 Å². The Hall–Kier alpha value is -1.03. The molecule has 0 saturated heterocycles. The van der Waals surface area contributed by atoms with Crippen molar-refractivity contribution in [3.63, 3.8) is 0 Å². The van der Waals surface area contributed by atoms with Gasteiger partial charge in [0.2, 0.25) is 0 Å². The summed E-state index contributed by atoms with van der Waals surface area (Å²) in [4.78, 5) is 4.20. The van der Waals surface area contributed by atoms with Crippen molar-refractivity contribution in [3.05, 3.63) is 12.0 Å². The molecule has 0 aliphatic heterocycles. The quantitative estimate of drug-likeness (QED) is 0.778. The molecule has 14 heavy (non-hydrogen) atoms. The number of oxazole rings is 1. The number of hydrogen-bond acceptors (Lipinski definition) is 4. The number of ether oxygens (including phenoxy) is 1. The lowest BCUT2D eigenvalue weighted by molar-refractivity contribution is 0.176. The number of hydrogen-bond donors (Lipinski definition) is 1. The number of nitrogens with one attached hydrogen (secondary N) is 1. The molecule has 0 radical (unpaired) electrons. The van der Waals surface area contributed by atoms with Crippen LogP contribution in [0.1, 0.15) is 32.4 Å². The maximum absolute atomic E-state index is 5.31. The summed E-state index contributed by atoms with van der Waals surface area (Å²) in [6.07, 6.45) is 4.69. The third-order valence-electron chi connectivity index (χ3n) is 2.02. The summed E-state index contributed by atoms with van der Waals surface area (Å²) in [7, 11) is 0. The first-order chi connectivity index (χ1) is 6.74. The summed E-state index contributed by atoms with van der Waals surface area (Å²) in [5.41, 5.74) is 0.910. The summed E-state index contributed by atoms with van der Waals surface area (Å²) in [5.74, 6) is 0. The van der Waals surface area contributed by atoms with Gasteiger partial charge in [-0.15, -0.1) is 0 Å². The van der Waals surface area contributed by atoms with E-state index in [0.717, 1.165) is 12.2 Å². The monoisotopic (exact) mass is 196 g/mol. The van der Waals surface area contributed by atoms with E-state index in [2.05, 4.69) is 10.3 Å². The van der Waals surface area contributed by atoms with Crippen LogP contribution in [0.15, 0.2) is 10.7 Å². The van der Waals surface area contributed by atoms with Crippen LogP contribution < -0.4 is 10.1 Å². The first-order valence-electron chi connectivity index (χ1n) is 5.08. The van der Waals surface area contributed by atoms with Crippen molar-refractivity contribution in [2.45, 2.75) is 45.4 Å². The molecule has 0 bridgehead atoms. The van der Waals surface area contributed by atoms with Gasteiger partial charge in [0.1, 0.15) is 6.26 Å². The van der Waals surface area contributed by atoms with Crippen LogP contribution in [0.3, 0.4) is 0 Å². The molecule has 0 atom stereocenters. The third-order valence-corrected chi connectivity index (χ3v) is 2.02. The number of rotatable bonds is 5. The Kier molecular flexibility index (Phi) is 2.72. The predicted molar refractivity (Wildman–Crippen MR) is 52.1 cm³/mol. The van der Waals surface area contributed by atoms with E-state index in [-0.39, 0.29) is 6.10 Å². The molecule has 4 heteroatoms. The summed E-state index contributed by atoms with van der Waals surface area (Å²) < 4.78 is 10.5. The van der Waals surface area contributed by atoms with Gasteiger partial charge in [-0.05, 0) is 26.7 Å². The standard InChI is InChI=1S/C10H16N2O2/c1-7(2)14-10-12-9(6-13-10)5-11-8-3-4-8/h6-8,11H,3-5H2,1-2H3. The SMILES string of the molecule is CC(C)Oc1nc(CNC2CC2)co1. The van der Waals surface area contributed by atoms with Gasteiger partial charge in [-0.1, -0.05) is 0 Å². The second-order valence-electron chi connectivity index (χ2n) is 3.93. The summed E-state index contributed by atoms with van der Waals surface area (Å²) in [5, 5.41) is 3.36. The van der Waals surface area contributed by atoms with Crippen LogP contribution in [-0.2, 0) is 6.54 Å². The Morgan fingerprint density at radius 1 is 1.64 bits per heavy atom. The lowest BCUT2D eigenvalue weighted by atomic mass is 10.5. The number of nitrogens with zero attached hydrogens (tertiary/aromatic N) is 1. The van der Waals surface area contributed by atoms with Crippen LogP contribution >= 0.6 is 0 Å². The first-order valence-corrected chi connectivity index (χ1v) is 5.08. The maximum Gasteiger partial charge on any atom is 0.393 e. The molecule has 1 saturated carbocycles. The zero-order valence-corrected chi connectivity index (χ0v) is 8.62. The molecule has 4 nitrogen and oxygen atoms in total. The highest BCUT2D eigenvalue weighted by atomic mass is 16.6. The lowest BCUT2D eigenvalue weighted by Crippen LogP contribution is -2.15. The molecule has 1 aliphatic rings. The molecule has 1 N–H and O–H groups in total. The van der Waals surface area contributed by atoms with Crippen LogP contribution in [0.4, 0.5) is 0 Å². The van der Waals surface area contributed by atoms with Gasteiger partial charge in [0.05, 0.1) is 11.8 Å². The van der Waals surface area contributed by atoms with Gasteiger partial charge in [-0.25, -0.2) is 0 Å². The largest absolute Gasteiger partial charge is 0.447 e. The molecule has 1 aromatic heterocycles. The smallest absolute Gasteiger partial charge is 0.393 e. The molecule has 1 aromatic rings. The van der Waals surface area contributed by atoms with Crippen LogP contribution in [0, 0.1) is 0 Å². The Labute approximate surface area is 83.7 Å². The highest BCUT2D eigenvalue weighted by molar-refractivity contribution is 5.00. The topological polar surface area (TPSA) is 47.3 Å². The predicted octanol–water partition coefficient (Wildman–Crippen LogP) is 1.71. The Balaban J connectivity index is 1.81. The molecule has 2 rings (SSSR count). The van der Waals surface area contributed by atoms with Gasteiger partial charge in [-0.2, -0.15) is 4.98 Å². The van der Waals surface area contributed by atoms with E-state index in [1.807, 2.05) is 13.8 Å². The molecular formula is C10H16N2O2. The van der Waals surface area contributed by atoms with Crippen molar-refractivity contribution in [1.82, 2.24) is 10.3 Å². The third kappa shape index (κ3) is 2.73. The van der Waals surface area contributed by atoms with Crippen LogP contribution in [-0.4, -0.2) is 17.1 Å². The molecule has 0 spiro atoms. The average Bonchev–Trinajstić information content (AvgIpc) is 2.84. The molecule has 0 aromatic carbocycles. The van der Waals surface area contributed by atoms with Crippen molar-refractivity contribution >= 4 is 0 Å². The van der Waals surface area contributed by atoms with Gasteiger partial charge >= 0.3 is 6.08 Å². The highest BCUT2D eigenvalue weighted by Gasteiger charge is 2.20. The van der Waals surface area contributed by atoms with Gasteiger partial charge in [0, 0.05) is 12.6 Å². The van der Waals surface area contributed by atoms with E-state index in [1.165, 1.54) is 12.8 Å². The summed E-state index contributed by atoms with van der Waals surface area (Å²) >= 11 is 0. The molecule has 78 valence electrons. The first kappa shape index (κ1) is 9.52. The zero-order chi connectivity index (χ0) is 9.97. The minimum absolute atomic E-state index is 0.109. The van der Waals surface area contributed by atoms with Crippen molar-refractivity contribution in [2.24, 2.45) is 0 Å². The van der Waals surface area contributed by atoms with Crippen molar-refractivity contribution in [1.29, 1.82) is 0 Å². The van der Waals surface area contributed by atoms with Crippen LogP contribution in [0.25, 0.3) is 0 Å². The Morgan fingerprint density at radius 2 is 2.43 bits per heavy atom. The molecule has 0 unspecified atom stereocenters. The molecule has 1 aliphatic carbocycles. The van der Waals surface area contributed by atoms with Gasteiger partial charge in [0.15, 0.2) is 0 Å². The fraction of sp³-hybridized carbons (Fsp3) is 0.700. The number of aromatic nitrogens is 1. The van der Waals surface area contributed by atoms with E-state index in [0.29, 0.717) is 12.1 Å². The van der Waals surface area contributed by atoms with Gasteiger partial charge < -0.3 is 14.5 Å². The van der Waals surface area contributed by atoms with E-state index in [9.17, 15) is 0 Å².